The Hall–Kier alpha value is -1.70. The molecule has 2 aromatic rings. The minimum Gasteiger partial charge on any atom is -0.378 e. The van der Waals surface area contributed by atoms with Gasteiger partial charge in [-0.05, 0) is 17.9 Å². The summed E-state index contributed by atoms with van der Waals surface area (Å²) in [7, 11) is 0. The molecule has 23 heavy (non-hydrogen) atoms. The molecule has 4 heterocycles. The number of amides is 1. The fraction of sp³-hybridized carbons (Fsp3) is 0.500. The Bertz CT molecular complexity index is 676. The number of carbonyl (C=O) groups is 1. The highest BCUT2D eigenvalue weighted by molar-refractivity contribution is 7.09. The lowest BCUT2D eigenvalue weighted by Gasteiger charge is -2.28. The Kier molecular flexibility index (Phi) is 4.15. The SMILES string of the molecule is O=C(c1n[nH]c2c1CCN(Cc1cccs1)C2)N1CCOCC1. The highest BCUT2D eigenvalue weighted by Gasteiger charge is 2.28. The van der Waals surface area contributed by atoms with Crippen molar-refractivity contribution in [2.45, 2.75) is 19.5 Å². The monoisotopic (exact) mass is 332 g/mol. The Morgan fingerprint density at radius 3 is 3.00 bits per heavy atom. The number of rotatable bonds is 3. The maximum absolute atomic E-state index is 12.6. The molecule has 0 aromatic carbocycles. The van der Waals surface area contributed by atoms with Gasteiger partial charge in [0.2, 0.25) is 0 Å². The zero-order valence-corrected chi connectivity index (χ0v) is 13.8. The minimum atomic E-state index is 0.0394. The van der Waals surface area contributed by atoms with Gasteiger partial charge in [-0.15, -0.1) is 11.3 Å². The number of H-pyrrole nitrogens is 1. The number of ether oxygens (including phenoxy) is 1. The van der Waals surface area contributed by atoms with Crippen LogP contribution in [0.3, 0.4) is 0 Å². The van der Waals surface area contributed by atoms with Gasteiger partial charge in [0.05, 0.1) is 18.9 Å². The third kappa shape index (κ3) is 3.04. The molecule has 0 spiro atoms. The van der Waals surface area contributed by atoms with Crippen LogP contribution < -0.4 is 0 Å². The summed E-state index contributed by atoms with van der Waals surface area (Å²) in [6.45, 7) is 5.31. The lowest BCUT2D eigenvalue weighted by atomic mass is 10.0. The van der Waals surface area contributed by atoms with Gasteiger partial charge in [-0.3, -0.25) is 14.8 Å². The molecule has 2 aliphatic rings. The predicted molar refractivity (Wildman–Crippen MR) is 87.4 cm³/mol. The van der Waals surface area contributed by atoms with E-state index in [0.717, 1.165) is 37.3 Å². The Morgan fingerprint density at radius 2 is 2.22 bits per heavy atom. The second-order valence-electron chi connectivity index (χ2n) is 5.97. The largest absolute Gasteiger partial charge is 0.378 e. The molecular weight excluding hydrogens is 312 g/mol. The van der Waals surface area contributed by atoms with E-state index in [1.54, 1.807) is 11.3 Å². The molecule has 0 unspecified atom stereocenters. The van der Waals surface area contributed by atoms with E-state index in [-0.39, 0.29) is 5.91 Å². The second-order valence-corrected chi connectivity index (χ2v) is 7.01. The van der Waals surface area contributed by atoms with Crippen molar-refractivity contribution < 1.29 is 9.53 Å². The van der Waals surface area contributed by atoms with E-state index in [1.165, 1.54) is 4.88 Å². The standard InChI is InChI=1S/C16H20N4O2S/c21-16(20-5-7-22-8-6-20)15-13-3-4-19(11-14(13)17-18-15)10-12-2-1-9-23-12/h1-2,9H,3-8,10-11H2,(H,17,18). The number of fused-ring (bicyclic) bond motifs is 1. The van der Waals surface area contributed by atoms with Crippen molar-refractivity contribution in [3.63, 3.8) is 0 Å². The van der Waals surface area contributed by atoms with Gasteiger partial charge in [0.25, 0.3) is 5.91 Å². The van der Waals surface area contributed by atoms with E-state index in [0.29, 0.717) is 32.0 Å². The van der Waals surface area contributed by atoms with Gasteiger partial charge in [0.15, 0.2) is 5.69 Å². The quantitative estimate of drug-likeness (QED) is 0.925. The molecule has 1 saturated heterocycles. The van der Waals surface area contributed by atoms with Crippen molar-refractivity contribution >= 4 is 17.2 Å². The molecule has 2 aromatic heterocycles. The molecule has 1 N–H and O–H groups in total. The van der Waals surface area contributed by atoms with Gasteiger partial charge in [-0.25, -0.2) is 0 Å². The zero-order valence-electron chi connectivity index (χ0n) is 13.0. The van der Waals surface area contributed by atoms with Crippen LogP contribution in [-0.4, -0.2) is 58.8 Å². The van der Waals surface area contributed by atoms with Gasteiger partial charge < -0.3 is 9.64 Å². The first kappa shape index (κ1) is 14.9. The van der Waals surface area contributed by atoms with E-state index in [1.807, 2.05) is 4.90 Å². The number of nitrogens with one attached hydrogen (secondary N) is 1. The predicted octanol–water partition coefficient (Wildman–Crippen LogP) is 1.50. The van der Waals surface area contributed by atoms with Crippen LogP contribution in [0.2, 0.25) is 0 Å². The highest BCUT2D eigenvalue weighted by atomic mass is 32.1. The van der Waals surface area contributed by atoms with Crippen molar-refractivity contribution in [2.24, 2.45) is 0 Å². The van der Waals surface area contributed by atoms with Crippen LogP contribution in [0.5, 0.6) is 0 Å². The van der Waals surface area contributed by atoms with Crippen molar-refractivity contribution in [1.29, 1.82) is 0 Å². The molecule has 122 valence electrons. The summed E-state index contributed by atoms with van der Waals surface area (Å²) >= 11 is 1.79. The average Bonchev–Trinajstić information content (AvgIpc) is 3.24. The summed E-state index contributed by atoms with van der Waals surface area (Å²) in [4.78, 5) is 18.3. The number of aromatic amines is 1. The van der Waals surface area contributed by atoms with Gasteiger partial charge in [-0.1, -0.05) is 6.07 Å². The molecule has 4 rings (SSSR count). The second kappa shape index (κ2) is 6.43. The number of hydrogen-bond donors (Lipinski definition) is 1. The number of thiophene rings is 1. The highest BCUT2D eigenvalue weighted by Crippen LogP contribution is 2.23. The summed E-state index contributed by atoms with van der Waals surface area (Å²) in [6.07, 6.45) is 0.878. The van der Waals surface area contributed by atoms with Crippen LogP contribution in [0, 0.1) is 0 Å². The first-order valence-electron chi connectivity index (χ1n) is 7.99. The van der Waals surface area contributed by atoms with Crippen LogP contribution in [0.1, 0.15) is 26.6 Å². The van der Waals surface area contributed by atoms with Crippen molar-refractivity contribution in [3.8, 4) is 0 Å². The maximum atomic E-state index is 12.6. The molecule has 1 fully saturated rings. The van der Waals surface area contributed by atoms with Crippen molar-refractivity contribution in [3.05, 3.63) is 39.3 Å². The van der Waals surface area contributed by atoms with Crippen LogP contribution in [-0.2, 0) is 24.2 Å². The summed E-state index contributed by atoms with van der Waals surface area (Å²) in [6, 6.07) is 4.26. The van der Waals surface area contributed by atoms with Crippen molar-refractivity contribution in [1.82, 2.24) is 20.0 Å². The minimum absolute atomic E-state index is 0.0394. The number of morpholine rings is 1. The molecule has 0 saturated carbocycles. The van der Waals surface area contributed by atoms with Crippen LogP contribution in [0.15, 0.2) is 17.5 Å². The molecule has 0 atom stereocenters. The third-order valence-corrected chi connectivity index (χ3v) is 5.33. The molecule has 6 nitrogen and oxygen atoms in total. The maximum Gasteiger partial charge on any atom is 0.274 e. The molecule has 0 radical (unpaired) electrons. The number of aromatic nitrogens is 2. The van der Waals surface area contributed by atoms with Crippen LogP contribution in [0.4, 0.5) is 0 Å². The van der Waals surface area contributed by atoms with E-state index in [2.05, 4.69) is 32.6 Å². The van der Waals surface area contributed by atoms with Crippen molar-refractivity contribution in [2.75, 3.05) is 32.8 Å². The lowest BCUT2D eigenvalue weighted by Crippen LogP contribution is -2.41. The number of carbonyl (C=O) groups excluding carboxylic acids is 1. The zero-order chi connectivity index (χ0) is 15.6. The number of hydrogen-bond acceptors (Lipinski definition) is 5. The van der Waals surface area contributed by atoms with E-state index in [4.69, 9.17) is 4.74 Å². The lowest BCUT2D eigenvalue weighted by molar-refractivity contribution is 0.0298. The average molecular weight is 332 g/mol. The van der Waals surface area contributed by atoms with E-state index in [9.17, 15) is 4.79 Å². The molecule has 2 aliphatic heterocycles. The first-order valence-corrected chi connectivity index (χ1v) is 8.87. The summed E-state index contributed by atoms with van der Waals surface area (Å²) in [5.74, 6) is 0.0394. The molecule has 0 bridgehead atoms. The van der Waals surface area contributed by atoms with Gasteiger partial charge in [-0.2, -0.15) is 5.10 Å². The molecule has 1 amide bonds. The van der Waals surface area contributed by atoms with Gasteiger partial charge in [0, 0.05) is 43.2 Å². The summed E-state index contributed by atoms with van der Waals surface area (Å²) in [5, 5.41) is 9.52. The molecule has 0 aliphatic carbocycles. The van der Waals surface area contributed by atoms with Crippen LogP contribution >= 0.6 is 11.3 Å². The van der Waals surface area contributed by atoms with E-state index < -0.39 is 0 Å². The molecular formula is C16H20N4O2S. The normalized spacial score (nSPS) is 18.9. The Morgan fingerprint density at radius 1 is 1.35 bits per heavy atom. The van der Waals surface area contributed by atoms with E-state index >= 15 is 0 Å². The fourth-order valence-electron chi connectivity index (χ4n) is 3.22. The molecule has 7 heteroatoms. The van der Waals surface area contributed by atoms with Gasteiger partial charge >= 0.3 is 0 Å². The Balaban J connectivity index is 1.47. The number of nitrogens with zero attached hydrogens (tertiary/aromatic N) is 3. The Labute approximate surface area is 139 Å². The first-order chi connectivity index (χ1) is 11.3. The smallest absolute Gasteiger partial charge is 0.274 e. The van der Waals surface area contributed by atoms with Crippen LogP contribution in [0.25, 0.3) is 0 Å². The van der Waals surface area contributed by atoms with Gasteiger partial charge in [0.1, 0.15) is 0 Å². The summed E-state index contributed by atoms with van der Waals surface area (Å²) in [5.41, 5.74) is 2.80. The summed E-state index contributed by atoms with van der Waals surface area (Å²) < 4.78 is 5.32. The topological polar surface area (TPSA) is 61.5 Å². The fourth-order valence-corrected chi connectivity index (χ4v) is 3.97. The third-order valence-electron chi connectivity index (χ3n) is 4.47.